The molecule has 3 heteroatoms. The maximum absolute atomic E-state index is 5.55. The summed E-state index contributed by atoms with van der Waals surface area (Å²) in [6.45, 7) is 6.53. The van der Waals surface area contributed by atoms with Crippen LogP contribution < -0.4 is 5.32 Å². The maximum atomic E-state index is 5.55. The second kappa shape index (κ2) is 7.21. The van der Waals surface area contributed by atoms with Crippen molar-refractivity contribution in [3.8, 4) is 0 Å². The van der Waals surface area contributed by atoms with Crippen LogP contribution in [0.25, 0.3) is 0 Å². The van der Waals surface area contributed by atoms with Gasteiger partial charge in [0.15, 0.2) is 0 Å². The van der Waals surface area contributed by atoms with Crippen LogP contribution in [-0.4, -0.2) is 43.8 Å². The lowest BCUT2D eigenvalue weighted by atomic mass is 10.0. The van der Waals surface area contributed by atoms with Crippen molar-refractivity contribution < 1.29 is 4.74 Å². The highest BCUT2D eigenvalue weighted by Gasteiger charge is 2.23. The van der Waals surface area contributed by atoms with Gasteiger partial charge in [0.25, 0.3) is 0 Å². The summed E-state index contributed by atoms with van der Waals surface area (Å²) in [5.74, 6) is 0.729. The molecule has 2 aliphatic heterocycles. The molecule has 3 rings (SSSR count). The Hall–Kier alpha value is -0.900. The Kier molecular flexibility index (Phi) is 5.06. The van der Waals surface area contributed by atoms with Crippen LogP contribution in [0.15, 0.2) is 30.3 Å². The third kappa shape index (κ3) is 4.05. The minimum Gasteiger partial charge on any atom is -0.381 e. The van der Waals surface area contributed by atoms with E-state index in [0.717, 1.165) is 32.2 Å². The molecule has 1 aromatic carbocycles. The molecule has 0 spiro atoms. The van der Waals surface area contributed by atoms with E-state index in [1.807, 2.05) is 0 Å². The van der Waals surface area contributed by atoms with Gasteiger partial charge in [-0.1, -0.05) is 30.3 Å². The Morgan fingerprint density at radius 3 is 2.90 bits per heavy atom. The monoisotopic (exact) mass is 274 g/mol. The van der Waals surface area contributed by atoms with E-state index in [9.17, 15) is 0 Å². The summed E-state index contributed by atoms with van der Waals surface area (Å²) >= 11 is 0. The van der Waals surface area contributed by atoms with Gasteiger partial charge in [-0.2, -0.15) is 0 Å². The van der Waals surface area contributed by atoms with Gasteiger partial charge in [-0.05, 0) is 30.7 Å². The number of rotatable bonds is 5. The third-order valence-corrected chi connectivity index (χ3v) is 4.47. The normalized spacial score (nSPS) is 27.8. The Morgan fingerprint density at radius 2 is 2.10 bits per heavy atom. The molecule has 2 atom stereocenters. The molecule has 2 fully saturated rings. The SMILES string of the molecule is c1ccc(CN2CCC(NCC3CCCOC3)C2)cc1. The van der Waals surface area contributed by atoms with Gasteiger partial charge in [0.1, 0.15) is 0 Å². The molecule has 1 N–H and O–H groups in total. The zero-order chi connectivity index (χ0) is 13.6. The van der Waals surface area contributed by atoms with Gasteiger partial charge in [-0.25, -0.2) is 0 Å². The highest BCUT2D eigenvalue weighted by molar-refractivity contribution is 5.14. The number of nitrogens with zero attached hydrogens (tertiary/aromatic N) is 1. The Bertz CT molecular complexity index is 389. The van der Waals surface area contributed by atoms with Gasteiger partial charge >= 0.3 is 0 Å². The van der Waals surface area contributed by atoms with E-state index < -0.39 is 0 Å². The Balaban J connectivity index is 1.38. The molecule has 2 unspecified atom stereocenters. The molecule has 0 bridgehead atoms. The summed E-state index contributed by atoms with van der Waals surface area (Å²) in [6, 6.07) is 11.5. The molecule has 1 aromatic rings. The number of ether oxygens (including phenoxy) is 1. The van der Waals surface area contributed by atoms with Crippen LogP contribution in [-0.2, 0) is 11.3 Å². The van der Waals surface area contributed by atoms with Crippen LogP contribution in [0.4, 0.5) is 0 Å². The zero-order valence-electron chi connectivity index (χ0n) is 12.3. The van der Waals surface area contributed by atoms with Crippen LogP contribution in [0.2, 0.25) is 0 Å². The summed E-state index contributed by atoms with van der Waals surface area (Å²) in [5.41, 5.74) is 1.42. The topological polar surface area (TPSA) is 24.5 Å². The number of benzene rings is 1. The van der Waals surface area contributed by atoms with Crippen LogP contribution in [0, 0.1) is 5.92 Å². The van der Waals surface area contributed by atoms with Crippen molar-refractivity contribution in [2.75, 3.05) is 32.8 Å². The van der Waals surface area contributed by atoms with Crippen molar-refractivity contribution in [3.05, 3.63) is 35.9 Å². The predicted molar refractivity (Wildman–Crippen MR) is 81.7 cm³/mol. The van der Waals surface area contributed by atoms with Gasteiger partial charge in [-0.15, -0.1) is 0 Å². The van der Waals surface area contributed by atoms with Crippen molar-refractivity contribution in [2.45, 2.75) is 31.8 Å². The minimum absolute atomic E-state index is 0.667. The second-order valence-corrected chi connectivity index (χ2v) is 6.20. The maximum Gasteiger partial charge on any atom is 0.0506 e. The van der Waals surface area contributed by atoms with Crippen molar-refractivity contribution >= 4 is 0 Å². The first-order chi connectivity index (χ1) is 9.90. The first kappa shape index (κ1) is 14.1. The molecule has 3 nitrogen and oxygen atoms in total. The molecule has 2 aliphatic rings. The lowest BCUT2D eigenvalue weighted by Gasteiger charge is -2.24. The molecular formula is C17H26N2O. The smallest absolute Gasteiger partial charge is 0.0506 e. The minimum atomic E-state index is 0.667. The van der Waals surface area contributed by atoms with Crippen LogP contribution in [0.5, 0.6) is 0 Å². The summed E-state index contributed by atoms with van der Waals surface area (Å²) in [4.78, 5) is 2.56. The molecule has 110 valence electrons. The molecule has 2 heterocycles. The third-order valence-electron chi connectivity index (χ3n) is 4.47. The molecule has 0 saturated carbocycles. The second-order valence-electron chi connectivity index (χ2n) is 6.20. The standard InChI is InChI=1S/C17H26N2O/c1-2-5-15(6-3-1)12-19-9-8-17(13-19)18-11-16-7-4-10-20-14-16/h1-3,5-6,16-18H,4,7-14H2. The van der Waals surface area contributed by atoms with Gasteiger partial charge in [-0.3, -0.25) is 4.90 Å². The average molecular weight is 274 g/mol. The number of nitrogens with one attached hydrogen (secondary N) is 1. The zero-order valence-corrected chi connectivity index (χ0v) is 12.3. The van der Waals surface area contributed by atoms with E-state index in [0.29, 0.717) is 6.04 Å². The molecular weight excluding hydrogens is 248 g/mol. The van der Waals surface area contributed by atoms with Gasteiger partial charge in [0.05, 0.1) is 6.61 Å². The number of likely N-dealkylation sites (tertiary alicyclic amines) is 1. The molecule has 0 aliphatic carbocycles. The average Bonchev–Trinajstić information content (AvgIpc) is 2.95. The first-order valence-electron chi connectivity index (χ1n) is 7.97. The molecule has 20 heavy (non-hydrogen) atoms. The van der Waals surface area contributed by atoms with Crippen LogP contribution in [0.3, 0.4) is 0 Å². The van der Waals surface area contributed by atoms with E-state index in [4.69, 9.17) is 4.74 Å². The van der Waals surface area contributed by atoms with E-state index in [-0.39, 0.29) is 0 Å². The quantitative estimate of drug-likeness (QED) is 0.891. The summed E-state index contributed by atoms with van der Waals surface area (Å²) < 4.78 is 5.55. The number of hydrogen-bond acceptors (Lipinski definition) is 3. The van der Waals surface area contributed by atoms with Crippen molar-refractivity contribution in [3.63, 3.8) is 0 Å². The molecule has 0 amide bonds. The molecule has 0 aromatic heterocycles. The fraction of sp³-hybridized carbons (Fsp3) is 0.647. The highest BCUT2D eigenvalue weighted by Crippen LogP contribution is 2.16. The lowest BCUT2D eigenvalue weighted by Crippen LogP contribution is -2.37. The van der Waals surface area contributed by atoms with Crippen LogP contribution in [0.1, 0.15) is 24.8 Å². The predicted octanol–water partition coefficient (Wildman–Crippen LogP) is 2.28. The summed E-state index contributed by atoms with van der Waals surface area (Å²) in [6.07, 6.45) is 3.84. The van der Waals surface area contributed by atoms with Gasteiger partial charge < -0.3 is 10.1 Å². The van der Waals surface area contributed by atoms with E-state index in [2.05, 4.69) is 40.5 Å². The largest absolute Gasteiger partial charge is 0.381 e. The molecule has 2 saturated heterocycles. The fourth-order valence-electron chi connectivity index (χ4n) is 3.29. The lowest BCUT2D eigenvalue weighted by molar-refractivity contribution is 0.0539. The Labute approximate surface area is 122 Å². The Morgan fingerprint density at radius 1 is 1.20 bits per heavy atom. The van der Waals surface area contributed by atoms with Crippen molar-refractivity contribution in [1.82, 2.24) is 10.2 Å². The van der Waals surface area contributed by atoms with Gasteiger partial charge in [0.2, 0.25) is 0 Å². The summed E-state index contributed by atoms with van der Waals surface area (Å²) in [7, 11) is 0. The van der Waals surface area contributed by atoms with Crippen molar-refractivity contribution in [2.24, 2.45) is 5.92 Å². The number of hydrogen-bond donors (Lipinski definition) is 1. The fourth-order valence-corrected chi connectivity index (χ4v) is 3.29. The highest BCUT2D eigenvalue weighted by atomic mass is 16.5. The van der Waals surface area contributed by atoms with E-state index in [1.165, 1.54) is 37.9 Å². The van der Waals surface area contributed by atoms with E-state index in [1.54, 1.807) is 0 Å². The van der Waals surface area contributed by atoms with E-state index >= 15 is 0 Å². The van der Waals surface area contributed by atoms with Gasteiger partial charge in [0, 0.05) is 38.8 Å². The summed E-state index contributed by atoms with van der Waals surface area (Å²) in [5, 5.41) is 3.75. The first-order valence-corrected chi connectivity index (χ1v) is 7.97. The van der Waals surface area contributed by atoms with Crippen molar-refractivity contribution in [1.29, 1.82) is 0 Å². The van der Waals surface area contributed by atoms with Crippen LogP contribution >= 0.6 is 0 Å². The molecule has 0 radical (unpaired) electrons.